The van der Waals surface area contributed by atoms with Crippen LogP contribution in [-0.4, -0.2) is 32.5 Å². The van der Waals surface area contributed by atoms with Gasteiger partial charge in [-0.2, -0.15) is 4.98 Å². The van der Waals surface area contributed by atoms with Crippen molar-refractivity contribution >= 4 is 5.91 Å². The molecule has 1 aromatic carbocycles. The smallest absolute Gasteiger partial charge is 0.264 e. The van der Waals surface area contributed by atoms with Gasteiger partial charge in [-0.3, -0.25) is 9.78 Å². The average Bonchev–Trinajstić information content (AvgIpc) is 3.22. The predicted molar refractivity (Wildman–Crippen MR) is 102 cm³/mol. The highest BCUT2D eigenvalue weighted by atomic mass is 16.5. The van der Waals surface area contributed by atoms with Crippen LogP contribution in [0.25, 0.3) is 0 Å². The number of hydrogen-bond donors (Lipinski definition) is 0. The van der Waals surface area contributed by atoms with Crippen molar-refractivity contribution in [3.05, 3.63) is 71.6 Å². The van der Waals surface area contributed by atoms with Crippen molar-refractivity contribution in [3.63, 3.8) is 0 Å². The number of piperidine rings is 1. The van der Waals surface area contributed by atoms with Gasteiger partial charge in [0.2, 0.25) is 0 Å². The second-order valence-electron chi connectivity index (χ2n) is 6.89. The van der Waals surface area contributed by atoms with Crippen LogP contribution in [0.2, 0.25) is 0 Å². The van der Waals surface area contributed by atoms with Gasteiger partial charge < -0.3 is 14.2 Å². The molecule has 7 heteroatoms. The molecule has 0 N–H and O–H groups in total. The molecule has 0 radical (unpaired) electrons. The highest BCUT2D eigenvalue weighted by Gasteiger charge is 2.32. The Morgan fingerprint density at radius 2 is 1.96 bits per heavy atom. The lowest BCUT2D eigenvalue weighted by Crippen LogP contribution is -2.39. The number of aryl methyl sites for hydroxylation is 1. The van der Waals surface area contributed by atoms with E-state index in [0.29, 0.717) is 23.8 Å². The summed E-state index contributed by atoms with van der Waals surface area (Å²) in [7, 11) is 0. The van der Waals surface area contributed by atoms with E-state index in [9.17, 15) is 4.79 Å². The first kappa shape index (κ1) is 18.2. The Morgan fingerprint density at radius 1 is 1.18 bits per heavy atom. The van der Waals surface area contributed by atoms with Crippen molar-refractivity contribution < 1.29 is 14.1 Å². The Bertz CT molecular complexity index is 924. The maximum atomic E-state index is 12.9. The van der Waals surface area contributed by atoms with Crippen molar-refractivity contribution in [2.24, 2.45) is 0 Å². The maximum Gasteiger partial charge on any atom is 0.264 e. The van der Waals surface area contributed by atoms with Gasteiger partial charge in [-0.25, -0.2) is 0 Å². The summed E-state index contributed by atoms with van der Waals surface area (Å²) in [6.07, 6.45) is 6.06. The molecule has 1 aliphatic heterocycles. The van der Waals surface area contributed by atoms with E-state index >= 15 is 0 Å². The third kappa shape index (κ3) is 4.03. The normalized spacial score (nSPS) is 16.8. The molecule has 7 nitrogen and oxygen atoms in total. The Kier molecular flexibility index (Phi) is 5.32. The van der Waals surface area contributed by atoms with Gasteiger partial charge in [0.15, 0.2) is 12.4 Å². The van der Waals surface area contributed by atoms with Crippen LogP contribution in [0.1, 0.15) is 52.9 Å². The third-order valence-electron chi connectivity index (χ3n) is 4.86. The molecule has 2 aromatic heterocycles. The molecule has 3 heterocycles. The number of hydrogen-bond acceptors (Lipinski definition) is 6. The molecular weight excluding hydrogens is 356 g/mol. The maximum absolute atomic E-state index is 12.9. The van der Waals surface area contributed by atoms with E-state index in [1.165, 1.54) is 5.56 Å². The van der Waals surface area contributed by atoms with Crippen molar-refractivity contribution in [1.82, 2.24) is 20.0 Å². The molecule has 144 valence electrons. The number of likely N-dealkylation sites (tertiary alicyclic amines) is 1. The summed E-state index contributed by atoms with van der Waals surface area (Å²) in [6.45, 7) is 2.90. The highest BCUT2D eigenvalue weighted by molar-refractivity contribution is 5.94. The Balaban J connectivity index is 1.46. The summed E-state index contributed by atoms with van der Waals surface area (Å²) >= 11 is 0. The molecule has 28 heavy (non-hydrogen) atoms. The van der Waals surface area contributed by atoms with Gasteiger partial charge in [0.25, 0.3) is 11.8 Å². The number of nitrogens with zero attached hydrogens (tertiary/aromatic N) is 4. The molecule has 1 amide bonds. The number of ether oxygens (including phenoxy) is 1. The minimum Gasteiger partial charge on any atom is -0.484 e. The van der Waals surface area contributed by atoms with Crippen LogP contribution in [0.15, 0.2) is 53.3 Å². The van der Waals surface area contributed by atoms with E-state index in [1.807, 2.05) is 36.1 Å². The van der Waals surface area contributed by atoms with Crippen molar-refractivity contribution in [2.75, 3.05) is 6.54 Å². The van der Waals surface area contributed by atoms with Crippen LogP contribution >= 0.6 is 0 Å². The van der Waals surface area contributed by atoms with Crippen molar-refractivity contribution in [2.45, 2.75) is 38.8 Å². The average molecular weight is 378 g/mol. The molecule has 0 aliphatic carbocycles. The zero-order valence-corrected chi connectivity index (χ0v) is 15.7. The predicted octanol–water partition coefficient (Wildman–Crippen LogP) is 3.72. The summed E-state index contributed by atoms with van der Waals surface area (Å²) in [5.74, 6) is 1.65. The lowest BCUT2D eigenvalue weighted by Gasteiger charge is -2.33. The summed E-state index contributed by atoms with van der Waals surface area (Å²) in [5, 5.41) is 4.12. The van der Waals surface area contributed by atoms with Crippen LogP contribution < -0.4 is 4.74 Å². The Morgan fingerprint density at radius 3 is 2.75 bits per heavy atom. The fourth-order valence-corrected chi connectivity index (χ4v) is 3.34. The van der Waals surface area contributed by atoms with E-state index in [2.05, 4.69) is 15.1 Å². The van der Waals surface area contributed by atoms with Gasteiger partial charge in [0.05, 0.1) is 6.04 Å². The second kappa shape index (κ2) is 8.21. The molecule has 1 aliphatic rings. The van der Waals surface area contributed by atoms with E-state index in [0.717, 1.165) is 25.0 Å². The van der Waals surface area contributed by atoms with Gasteiger partial charge in [0, 0.05) is 24.5 Å². The third-order valence-corrected chi connectivity index (χ3v) is 4.86. The van der Waals surface area contributed by atoms with Crippen LogP contribution in [0.3, 0.4) is 0 Å². The summed E-state index contributed by atoms with van der Waals surface area (Å²) in [5.41, 5.74) is 1.79. The summed E-state index contributed by atoms with van der Waals surface area (Å²) in [6, 6.07) is 11.0. The highest BCUT2D eigenvalue weighted by Crippen LogP contribution is 2.30. The molecule has 0 saturated carbocycles. The molecule has 4 rings (SSSR count). The lowest BCUT2D eigenvalue weighted by molar-refractivity contribution is 0.0596. The first-order valence-electron chi connectivity index (χ1n) is 9.43. The number of benzene rings is 1. The number of pyridine rings is 1. The number of amides is 1. The molecule has 0 spiro atoms. The monoisotopic (exact) mass is 378 g/mol. The fourth-order valence-electron chi connectivity index (χ4n) is 3.34. The van der Waals surface area contributed by atoms with Crippen LogP contribution in [-0.2, 0) is 6.61 Å². The number of rotatable bonds is 5. The molecule has 1 unspecified atom stereocenters. The van der Waals surface area contributed by atoms with Crippen LogP contribution in [0.4, 0.5) is 0 Å². The molecule has 1 atom stereocenters. The SMILES string of the molecule is Cc1ccc(OCc2nc(C3CCCCN3C(=O)c3ccncc3)no2)cc1. The second-order valence-corrected chi connectivity index (χ2v) is 6.89. The minimum absolute atomic E-state index is 0.0330. The molecule has 0 bridgehead atoms. The Labute approximate surface area is 163 Å². The van der Waals surface area contributed by atoms with Gasteiger partial charge in [-0.1, -0.05) is 22.9 Å². The fraction of sp³-hybridized carbons (Fsp3) is 0.333. The molecule has 3 aromatic rings. The molecular formula is C21H22N4O3. The van der Waals surface area contributed by atoms with E-state index in [1.54, 1.807) is 24.5 Å². The van der Waals surface area contributed by atoms with Gasteiger partial charge in [-0.05, 0) is 50.5 Å². The molecule has 1 saturated heterocycles. The van der Waals surface area contributed by atoms with E-state index in [-0.39, 0.29) is 18.6 Å². The van der Waals surface area contributed by atoms with Crippen LogP contribution in [0.5, 0.6) is 5.75 Å². The molecule has 1 fully saturated rings. The van der Waals surface area contributed by atoms with Gasteiger partial charge >= 0.3 is 0 Å². The minimum atomic E-state index is -0.189. The number of carbonyl (C=O) groups excluding carboxylic acids is 1. The lowest BCUT2D eigenvalue weighted by atomic mass is 10.0. The first-order valence-corrected chi connectivity index (χ1v) is 9.43. The first-order chi connectivity index (χ1) is 13.7. The van der Waals surface area contributed by atoms with Crippen LogP contribution in [0, 0.1) is 6.92 Å². The van der Waals surface area contributed by atoms with Crippen molar-refractivity contribution in [1.29, 1.82) is 0 Å². The van der Waals surface area contributed by atoms with Crippen molar-refractivity contribution in [3.8, 4) is 5.75 Å². The van der Waals surface area contributed by atoms with E-state index in [4.69, 9.17) is 9.26 Å². The number of aromatic nitrogens is 3. The van der Waals surface area contributed by atoms with Gasteiger partial charge in [-0.15, -0.1) is 0 Å². The Hall–Kier alpha value is -3.22. The summed E-state index contributed by atoms with van der Waals surface area (Å²) < 4.78 is 11.1. The topological polar surface area (TPSA) is 81.4 Å². The zero-order valence-electron chi connectivity index (χ0n) is 15.7. The summed E-state index contributed by atoms with van der Waals surface area (Å²) in [4.78, 5) is 23.2. The quantitative estimate of drug-likeness (QED) is 0.673. The largest absolute Gasteiger partial charge is 0.484 e. The number of carbonyl (C=O) groups is 1. The van der Waals surface area contributed by atoms with E-state index < -0.39 is 0 Å². The standard InChI is InChI=1S/C21H22N4O3/c1-15-5-7-17(8-6-15)27-14-19-23-20(24-28-19)18-4-2-3-13-25(18)21(26)16-9-11-22-12-10-16/h5-12,18H,2-4,13-14H2,1H3. The zero-order chi connectivity index (χ0) is 19.3. The van der Waals surface area contributed by atoms with Gasteiger partial charge in [0.1, 0.15) is 5.75 Å².